The van der Waals surface area contributed by atoms with Crippen LogP contribution in [0, 0.1) is 5.92 Å². The summed E-state index contributed by atoms with van der Waals surface area (Å²) in [6.45, 7) is 4.33. The number of hydrogen-bond donors (Lipinski definition) is 2. The fourth-order valence-electron chi connectivity index (χ4n) is 2.67. The molecule has 0 aromatic heterocycles. The molecule has 1 saturated heterocycles. The lowest BCUT2D eigenvalue weighted by molar-refractivity contribution is -0.286. The Balaban J connectivity index is 2.57. The van der Waals surface area contributed by atoms with Gasteiger partial charge in [0.25, 0.3) is 0 Å². The molecule has 2 N–H and O–H groups in total. The maximum Gasteiger partial charge on any atom is 0.303 e. The number of unbranched alkanes of at least 4 members (excludes halogenated alkanes) is 2. The Labute approximate surface area is 152 Å². The third-order valence-corrected chi connectivity index (χ3v) is 4.05. The minimum atomic E-state index is -1.04. The number of aliphatic hydroxyl groups is 1. The van der Waals surface area contributed by atoms with E-state index in [1.165, 1.54) is 13.8 Å². The second-order valence-electron chi connectivity index (χ2n) is 6.34. The highest BCUT2D eigenvalue weighted by molar-refractivity contribution is 5.67. The molecule has 5 atom stereocenters. The van der Waals surface area contributed by atoms with E-state index >= 15 is 0 Å². The van der Waals surface area contributed by atoms with E-state index in [9.17, 15) is 19.5 Å². The summed E-state index contributed by atoms with van der Waals surface area (Å²) in [7, 11) is 0. The van der Waals surface area contributed by atoms with E-state index in [1.807, 2.05) is 0 Å². The predicted molar refractivity (Wildman–Crippen MR) is 88.1 cm³/mol. The van der Waals surface area contributed by atoms with Crippen LogP contribution in [0.2, 0.25) is 0 Å². The molecule has 0 aliphatic carbocycles. The third kappa shape index (κ3) is 7.67. The highest BCUT2D eigenvalue weighted by Crippen LogP contribution is 2.29. The Morgan fingerprint density at radius 2 is 1.77 bits per heavy atom. The Bertz CT molecular complexity index is 479. The zero-order chi connectivity index (χ0) is 19.7. The highest BCUT2D eigenvalue weighted by Gasteiger charge is 2.46. The van der Waals surface area contributed by atoms with Gasteiger partial charge < -0.3 is 29.2 Å². The lowest BCUT2D eigenvalue weighted by Gasteiger charge is -2.42. The maximum atomic E-state index is 11.3. The highest BCUT2D eigenvalue weighted by atomic mass is 16.7. The van der Waals surface area contributed by atoms with Gasteiger partial charge in [0.05, 0.1) is 0 Å². The van der Waals surface area contributed by atoms with Crippen LogP contribution in [0.1, 0.15) is 46.5 Å². The van der Waals surface area contributed by atoms with Crippen LogP contribution in [0.4, 0.5) is 0 Å². The molecule has 0 radical (unpaired) electrons. The van der Waals surface area contributed by atoms with Crippen molar-refractivity contribution in [3.8, 4) is 0 Å². The van der Waals surface area contributed by atoms with E-state index in [1.54, 1.807) is 6.92 Å². The minimum Gasteiger partial charge on any atom is -0.481 e. The van der Waals surface area contributed by atoms with Crippen LogP contribution in [0.15, 0.2) is 0 Å². The molecule has 0 bridgehead atoms. The molecule has 0 aromatic carbocycles. The summed E-state index contributed by atoms with van der Waals surface area (Å²) in [4.78, 5) is 32.8. The Hall–Kier alpha value is -1.71. The molecule has 9 heteroatoms. The van der Waals surface area contributed by atoms with Crippen LogP contribution in [-0.2, 0) is 33.3 Å². The fraction of sp³-hybridized carbons (Fsp3) is 0.824. The molecule has 0 aromatic rings. The summed E-state index contributed by atoms with van der Waals surface area (Å²) in [5, 5.41) is 19.0. The molecule has 26 heavy (non-hydrogen) atoms. The van der Waals surface area contributed by atoms with Crippen LogP contribution in [-0.4, -0.2) is 65.9 Å². The topological polar surface area (TPSA) is 129 Å². The van der Waals surface area contributed by atoms with E-state index in [2.05, 4.69) is 0 Å². The first kappa shape index (κ1) is 22.3. The van der Waals surface area contributed by atoms with Crippen LogP contribution in [0.3, 0.4) is 0 Å². The number of carbonyl (C=O) groups excluding carboxylic acids is 2. The summed E-state index contributed by atoms with van der Waals surface area (Å²) in [6.07, 6.45) is -1.57. The number of carboxylic acid groups (broad SMARTS) is 1. The Morgan fingerprint density at radius 1 is 1.08 bits per heavy atom. The van der Waals surface area contributed by atoms with Crippen molar-refractivity contribution >= 4 is 17.9 Å². The Kier molecular flexibility index (Phi) is 9.53. The second-order valence-corrected chi connectivity index (χ2v) is 6.34. The van der Waals surface area contributed by atoms with Gasteiger partial charge in [0.2, 0.25) is 0 Å². The molecular weight excluding hydrogens is 348 g/mol. The number of rotatable bonds is 10. The number of ether oxygens (including phenoxy) is 4. The van der Waals surface area contributed by atoms with Gasteiger partial charge in [-0.15, -0.1) is 0 Å². The molecule has 1 heterocycles. The average Bonchev–Trinajstić information content (AvgIpc) is 2.55. The van der Waals surface area contributed by atoms with Crippen molar-refractivity contribution in [2.45, 2.75) is 71.1 Å². The van der Waals surface area contributed by atoms with Gasteiger partial charge in [0, 0.05) is 32.8 Å². The molecule has 1 aliphatic rings. The van der Waals surface area contributed by atoms with E-state index in [-0.39, 0.29) is 13.0 Å². The summed E-state index contributed by atoms with van der Waals surface area (Å²) >= 11 is 0. The molecule has 1 rings (SSSR count). The number of esters is 2. The van der Waals surface area contributed by atoms with Gasteiger partial charge >= 0.3 is 17.9 Å². The first-order chi connectivity index (χ1) is 12.2. The van der Waals surface area contributed by atoms with Crippen LogP contribution in [0.25, 0.3) is 0 Å². The molecule has 1 aliphatic heterocycles. The molecule has 150 valence electrons. The molecule has 0 amide bonds. The largest absolute Gasteiger partial charge is 0.481 e. The minimum absolute atomic E-state index is 0.115. The van der Waals surface area contributed by atoms with Crippen molar-refractivity contribution in [2.75, 3.05) is 13.2 Å². The zero-order valence-corrected chi connectivity index (χ0v) is 15.4. The van der Waals surface area contributed by atoms with Crippen molar-refractivity contribution in [3.05, 3.63) is 0 Å². The third-order valence-electron chi connectivity index (χ3n) is 4.05. The molecule has 9 nitrogen and oxygen atoms in total. The number of hydrogen-bond acceptors (Lipinski definition) is 8. The number of aliphatic carboxylic acids is 1. The second kappa shape index (κ2) is 11.1. The lowest BCUT2D eigenvalue weighted by atomic mass is 9.92. The van der Waals surface area contributed by atoms with Gasteiger partial charge in [0.15, 0.2) is 12.4 Å². The molecule has 0 saturated carbocycles. The predicted octanol–water partition coefficient (Wildman–Crippen LogP) is 0.865. The summed E-state index contributed by atoms with van der Waals surface area (Å²) < 4.78 is 21.5. The normalized spacial score (nSPS) is 28.4. The van der Waals surface area contributed by atoms with Crippen molar-refractivity contribution in [1.29, 1.82) is 0 Å². The van der Waals surface area contributed by atoms with Crippen molar-refractivity contribution in [2.24, 2.45) is 5.92 Å². The van der Waals surface area contributed by atoms with Gasteiger partial charge in [0.1, 0.15) is 18.8 Å². The quantitative estimate of drug-likeness (QED) is 0.421. The summed E-state index contributed by atoms with van der Waals surface area (Å²) in [5.74, 6) is -2.38. The van der Waals surface area contributed by atoms with Gasteiger partial charge in [-0.2, -0.15) is 0 Å². The number of carboxylic acids is 1. The molecular formula is C17H28O9. The first-order valence-electron chi connectivity index (χ1n) is 8.70. The standard InChI is InChI=1S/C17H28O9/c1-10-15(22)16(25-12(3)19)13(9-24-11(2)18)26-17(10)23-8-6-4-5-7-14(20)21/h10,13,15-17,22H,4-9H2,1-3H3,(H,20,21). The van der Waals surface area contributed by atoms with E-state index in [0.29, 0.717) is 25.9 Å². The van der Waals surface area contributed by atoms with Crippen LogP contribution < -0.4 is 0 Å². The van der Waals surface area contributed by atoms with Gasteiger partial charge in [-0.05, 0) is 12.8 Å². The van der Waals surface area contributed by atoms with Gasteiger partial charge in [-0.1, -0.05) is 13.3 Å². The Morgan fingerprint density at radius 3 is 2.35 bits per heavy atom. The number of carbonyl (C=O) groups is 3. The van der Waals surface area contributed by atoms with Gasteiger partial charge in [-0.3, -0.25) is 14.4 Å². The molecule has 0 spiro atoms. The van der Waals surface area contributed by atoms with Crippen molar-refractivity contribution in [3.63, 3.8) is 0 Å². The fourth-order valence-corrected chi connectivity index (χ4v) is 2.67. The van der Waals surface area contributed by atoms with Crippen LogP contribution in [0.5, 0.6) is 0 Å². The number of aliphatic hydroxyl groups excluding tert-OH is 1. The van der Waals surface area contributed by atoms with Crippen molar-refractivity contribution < 1.29 is 43.5 Å². The molecule has 5 unspecified atom stereocenters. The summed E-state index contributed by atoms with van der Waals surface area (Å²) in [5.41, 5.74) is 0. The van der Waals surface area contributed by atoms with Crippen LogP contribution >= 0.6 is 0 Å². The zero-order valence-electron chi connectivity index (χ0n) is 15.4. The SMILES string of the molecule is CC(=O)OCC1OC(OCCCCCC(=O)O)C(C)C(O)C1OC(C)=O. The maximum absolute atomic E-state index is 11.3. The summed E-state index contributed by atoms with van der Waals surface area (Å²) in [6, 6.07) is 0. The average molecular weight is 376 g/mol. The molecule has 1 fully saturated rings. The smallest absolute Gasteiger partial charge is 0.303 e. The van der Waals surface area contributed by atoms with E-state index in [4.69, 9.17) is 24.1 Å². The van der Waals surface area contributed by atoms with E-state index < -0.39 is 48.4 Å². The lowest BCUT2D eigenvalue weighted by Crippen LogP contribution is -2.57. The van der Waals surface area contributed by atoms with Crippen molar-refractivity contribution in [1.82, 2.24) is 0 Å². The monoisotopic (exact) mass is 376 g/mol. The van der Waals surface area contributed by atoms with Gasteiger partial charge in [-0.25, -0.2) is 0 Å². The first-order valence-corrected chi connectivity index (χ1v) is 8.70. The van der Waals surface area contributed by atoms with E-state index in [0.717, 1.165) is 0 Å².